The number of benzene rings is 1. The fraction of sp³-hybridized carbons (Fsp3) is 0.200. The molecule has 0 aliphatic rings. The molecule has 3 heterocycles. The molecule has 0 spiro atoms. The van der Waals surface area contributed by atoms with Gasteiger partial charge in [0.05, 0.1) is 5.69 Å². The first-order valence-electron chi connectivity index (χ1n) is 8.19. The van der Waals surface area contributed by atoms with Gasteiger partial charge in [0.2, 0.25) is 5.71 Å². The van der Waals surface area contributed by atoms with E-state index in [2.05, 4.69) is 16.0 Å². The highest BCUT2D eigenvalue weighted by Crippen LogP contribution is 2.31. The Balaban J connectivity index is 1.90. The maximum absolute atomic E-state index is 8.22. The minimum atomic E-state index is -0.647. The smallest absolute Gasteiger partial charge is 0.227 e. The molecule has 0 fully saturated rings. The van der Waals surface area contributed by atoms with Crippen molar-refractivity contribution >= 4 is 22.1 Å². The number of aromatic nitrogens is 2. The molecule has 4 aromatic rings. The molecule has 0 aliphatic heterocycles. The molecular formula is C20H18N2O. The predicted molar refractivity (Wildman–Crippen MR) is 93.6 cm³/mol. The number of hydrogen-bond donors (Lipinski definition) is 0. The fourth-order valence-corrected chi connectivity index (χ4v) is 2.81. The average Bonchev–Trinajstić information content (AvgIpc) is 2.90. The first kappa shape index (κ1) is 12.8. The van der Waals surface area contributed by atoms with Crippen LogP contribution >= 0.6 is 0 Å². The van der Waals surface area contributed by atoms with Crippen molar-refractivity contribution < 1.29 is 5.79 Å². The first-order valence-corrected chi connectivity index (χ1v) is 7.69. The molecular weight excluding hydrogens is 284 g/mol. The summed E-state index contributed by atoms with van der Waals surface area (Å²) in [6, 6.07) is 14.0. The molecule has 0 atom stereocenters. The predicted octanol–water partition coefficient (Wildman–Crippen LogP) is 5.47. The van der Waals surface area contributed by atoms with E-state index in [1.165, 1.54) is 0 Å². The molecule has 0 saturated heterocycles. The van der Waals surface area contributed by atoms with Gasteiger partial charge in [-0.2, -0.15) is 0 Å². The molecule has 0 unspecified atom stereocenters. The molecule has 0 bridgehead atoms. The van der Waals surface area contributed by atoms with E-state index in [1.54, 1.807) is 6.20 Å². The Morgan fingerprint density at radius 3 is 2.74 bits per heavy atom. The second-order valence-electron chi connectivity index (χ2n) is 6.05. The van der Waals surface area contributed by atoms with Gasteiger partial charge in [-0.25, -0.2) is 4.98 Å². The van der Waals surface area contributed by atoms with Crippen LogP contribution in [0.1, 0.15) is 32.4 Å². The van der Waals surface area contributed by atoms with E-state index in [9.17, 15) is 0 Å². The largest absolute Gasteiger partial charge is 0.438 e. The lowest BCUT2D eigenvalue weighted by molar-refractivity contribution is 0.652. The van der Waals surface area contributed by atoms with Gasteiger partial charge in [0.25, 0.3) is 0 Å². The van der Waals surface area contributed by atoms with Crippen LogP contribution < -0.4 is 0 Å². The number of pyridine rings is 2. The molecule has 0 amide bonds. The molecule has 0 aliphatic carbocycles. The zero-order valence-corrected chi connectivity index (χ0v) is 13.4. The Hall–Kier alpha value is -2.68. The standard InChI is InChI=1S/C20H18N2O/c1-12(2)14-8-9-21-18(11-14)15-5-7-19-17(10-15)16-6-4-13(3)22-20(16)23-19/h4-12H,1-3H3/i12D. The Morgan fingerprint density at radius 1 is 1.04 bits per heavy atom. The monoisotopic (exact) mass is 303 g/mol. The van der Waals surface area contributed by atoms with E-state index in [0.717, 1.165) is 38.9 Å². The van der Waals surface area contributed by atoms with Gasteiger partial charge in [-0.05, 0) is 60.8 Å². The molecule has 3 aromatic heterocycles. The minimum absolute atomic E-state index is 0.647. The van der Waals surface area contributed by atoms with Crippen LogP contribution in [-0.2, 0) is 0 Å². The topological polar surface area (TPSA) is 38.9 Å². The Bertz CT molecular complexity index is 1060. The lowest BCUT2D eigenvalue weighted by atomic mass is 10.0. The summed E-state index contributed by atoms with van der Waals surface area (Å²) in [4.78, 5) is 8.93. The van der Waals surface area contributed by atoms with Gasteiger partial charge in [-0.3, -0.25) is 4.98 Å². The third-order valence-electron chi connectivity index (χ3n) is 4.11. The Morgan fingerprint density at radius 2 is 1.91 bits per heavy atom. The van der Waals surface area contributed by atoms with Gasteiger partial charge in [0.15, 0.2) is 0 Å². The minimum Gasteiger partial charge on any atom is -0.438 e. The van der Waals surface area contributed by atoms with Crippen molar-refractivity contribution in [2.45, 2.75) is 26.7 Å². The highest BCUT2D eigenvalue weighted by Gasteiger charge is 2.11. The highest BCUT2D eigenvalue weighted by molar-refractivity contribution is 6.04. The maximum Gasteiger partial charge on any atom is 0.227 e. The number of nitrogens with zero attached hydrogens (tertiary/aromatic N) is 2. The number of furan rings is 1. The number of fused-ring (bicyclic) bond motifs is 3. The summed E-state index contributed by atoms with van der Waals surface area (Å²) in [5, 5.41) is 2.04. The number of aryl methyl sites for hydroxylation is 1. The number of rotatable bonds is 2. The van der Waals surface area contributed by atoms with Crippen LogP contribution in [0, 0.1) is 6.92 Å². The van der Waals surface area contributed by atoms with E-state index in [-0.39, 0.29) is 0 Å². The van der Waals surface area contributed by atoms with Gasteiger partial charge >= 0.3 is 0 Å². The Kier molecular flexibility index (Phi) is 2.90. The third-order valence-corrected chi connectivity index (χ3v) is 4.11. The summed E-state index contributed by atoms with van der Waals surface area (Å²) in [6.45, 7) is 5.72. The summed E-state index contributed by atoms with van der Waals surface area (Å²) in [5.74, 6) is -0.647. The second kappa shape index (κ2) is 5.20. The van der Waals surface area contributed by atoms with Gasteiger partial charge in [0, 0.05) is 29.6 Å². The van der Waals surface area contributed by atoms with E-state index >= 15 is 0 Å². The zero-order chi connectivity index (χ0) is 16.9. The van der Waals surface area contributed by atoms with Crippen molar-refractivity contribution in [3.8, 4) is 11.3 Å². The average molecular weight is 303 g/mol. The van der Waals surface area contributed by atoms with E-state index < -0.39 is 5.89 Å². The lowest BCUT2D eigenvalue weighted by Gasteiger charge is -2.07. The summed E-state index contributed by atoms with van der Waals surface area (Å²) in [5.41, 5.74) is 5.25. The molecule has 3 heteroatoms. The molecule has 0 saturated carbocycles. The molecule has 4 rings (SSSR count). The molecule has 114 valence electrons. The van der Waals surface area contributed by atoms with E-state index in [1.807, 2.05) is 57.2 Å². The van der Waals surface area contributed by atoms with Crippen LogP contribution in [-0.4, -0.2) is 9.97 Å². The fourth-order valence-electron chi connectivity index (χ4n) is 2.81. The SMILES string of the molecule is [2H]C(C)(C)c1ccnc(-c2ccc3oc4nc(C)ccc4c3c2)c1. The normalized spacial score (nSPS) is 12.7. The summed E-state index contributed by atoms with van der Waals surface area (Å²) < 4.78 is 14.1. The van der Waals surface area contributed by atoms with Crippen LogP contribution in [0.2, 0.25) is 0 Å². The van der Waals surface area contributed by atoms with Gasteiger partial charge in [-0.1, -0.05) is 13.8 Å². The van der Waals surface area contributed by atoms with Crippen molar-refractivity contribution in [3.63, 3.8) is 0 Å². The second-order valence-corrected chi connectivity index (χ2v) is 6.05. The highest BCUT2D eigenvalue weighted by atomic mass is 16.3. The van der Waals surface area contributed by atoms with Crippen molar-refractivity contribution in [1.29, 1.82) is 0 Å². The maximum atomic E-state index is 8.22. The van der Waals surface area contributed by atoms with Crippen molar-refractivity contribution in [2.75, 3.05) is 0 Å². The van der Waals surface area contributed by atoms with Crippen LogP contribution in [0.5, 0.6) is 0 Å². The van der Waals surface area contributed by atoms with Crippen molar-refractivity contribution in [2.24, 2.45) is 0 Å². The Labute approximate surface area is 136 Å². The van der Waals surface area contributed by atoms with E-state index in [0.29, 0.717) is 5.71 Å². The quantitative estimate of drug-likeness (QED) is 0.492. The lowest BCUT2D eigenvalue weighted by Crippen LogP contribution is -1.90. The molecule has 23 heavy (non-hydrogen) atoms. The molecule has 1 aromatic carbocycles. The van der Waals surface area contributed by atoms with Gasteiger partial charge in [-0.15, -0.1) is 0 Å². The van der Waals surface area contributed by atoms with Crippen LogP contribution in [0.4, 0.5) is 0 Å². The van der Waals surface area contributed by atoms with Crippen molar-refractivity contribution in [1.82, 2.24) is 9.97 Å². The van der Waals surface area contributed by atoms with Crippen LogP contribution in [0.3, 0.4) is 0 Å². The van der Waals surface area contributed by atoms with Gasteiger partial charge < -0.3 is 4.42 Å². The molecule has 0 radical (unpaired) electrons. The summed E-state index contributed by atoms with van der Waals surface area (Å²) >= 11 is 0. The van der Waals surface area contributed by atoms with Gasteiger partial charge in [0.1, 0.15) is 5.58 Å². The van der Waals surface area contributed by atoms with Crippen LogP contribution in [0.25, 0.3) is 33.3 Å². The van der Waals surface area contributed by atoms with Crippen molar-refractivity contribution in [3.05, 3.63) is 59.9 Å². The summed E-state index contributed by atoms with van der Waals surface area (Å²) in [6.07, 6.45) is 1.77. The number of hydrogen-bond acceptors (Lipinski definition) is 3. The van der Waals surface area contributed by atoms with E-state index in [4.69, 9.17) is 5.79 Å². The first-order chi connectivity index (χ1) is 11.4. The third kappa shape index (κ3) is 2.38. The molecule has 0 N–H and O–H groups in total. The van der Waals surface area contributed by atoms with Crippen LogP contribution in [0.15, 0.2) is 53.1 Å². The molecule has 3 nitrogen and oxygen atoms in total. The summed E-state index contributed by atoms with van der Waals surface area (Å²) in [7, 11) is 0. The zero-order valence-electron chi connectivity index (χ0n) is 14.4.